The molecule has 2 aromatic heterocycles. The molecule has 2 heterocycles. The highest BCUT2D eigenvalue weighted by atomic mass is 79.9. The molecule has 2 rings (SSSR count). The van der Waals surface area contributed by atoms with Gasteiger partial charge in [0.2, 0.25) is 0 Å². The van der Waals surface area contributed by atoms with Gasteiger partial charge in [-0.3, -0.25) is 5.10 Å². The second-order valence-electron chi connectivity index (χ2n) is 4.36. The van der Waals surface area contributed by atoms with Gasteiger partial charge in [0, 0.05) is 17.1 Å². The minimum Gasteiger partial charge on any atom is -0.267 e. The molecule has 17 heavy (non-hydrogen) atoms. The largest absolute Gasteiger partial charge is 0.267 e. The lowest BCUT2D eigenvalue weighted by Crippen LogP contribution is -1.84. The van der Waals surface area contributed by atoms with Crippen LogP contribution < -0.4 is 0 Å². The zero-order chi connectivity index (χ0) is 12.3. The molecule has 0 radical (unpaired) electrons. The van der Waals surface area contributed by atoms with Gasteiger partial charge in [-0.15, -0.1) is 0 Å². The minimum atomic E-state index is 0.693. The first kappa shape index (κ1) is 12.1. The van der Waals surface area contributed by atoms with Crippen LogP contribution in [-0.4, -0.2) is 15.2 Å². The van der Waals surface area contributed by atoms with Gasteiger partial charge in [0.1, 0.15) is 5.69 Å². The molecule has 0 saturated heterocycles. The van der Waals surface area contributed by atoms with Gasteiger partial charge in [0.15, 0.2) is 5.65 Å². The lowest BCUT2D eigenvalue weighted by Gasteiger charge is -1.96. The second kappa shape index (κ2) is 5.33. The van der Waals surface area contributed by atoms with E-state index in [1.165, 1.54) is 0 Å². The average Bonchev–Trinajstić information content (AvgIpc) is 2.67. The summed E-state index contributed by atoms with van der Waals surface area (Å²) < 4.78 is 0.941. The van der Waals surface area contributed by atoms with E-state index in [1.807, 2.05) is 6.07 Å². The number of halogens is 1. The van der Waals surface area contributed by atoms with Crippen molar-refractivity contribution in [2.45, 2.75) is 26.7 Å². The van der Waals surface area contributed by atoms with Crippen LogP contribution in [0.25, 0.3) is 11.0 Å². The van der Waals surface area contributed by atoms with Crippen molar-refractivity contribution in [2.75, 3.05) is 0 Å². The van der Waals surface area contributed by atoms with Gasteiger partial charge < -0.3 is 0 Å². The third kappa shape index (κ3) is 3.07. The maximum atomic E-state index is 4.20. The third-order valence-electron chi connectivity index (χ3n) is 2.44. The molecule has 0 fully saturated rings. The molecule has 0 bridgehead atoms. The van der Waals surface area contributed by atoms with E-state index in [0.29, 0.717) is 11.6 Å². The van der Waals surface area contributed by atoms with Crippen molar-refractivity contribution in [3.63, 3.8) is 0 Å². The van der Waals surface area contributed by atoms with Crippen LogP contribution in [0.2, 0.25) is 0 Å². The molecule has 0 aliphatic rings. The number of aromatic amines is 1. The first-order valence-corrected chi connectivity index (χ1v) is 6.44. The Morgan fingerprint density at radius 1 is 1.47 bits per heavy atom. The van der Waals surface area contributed by atoms with E-state index in [1.54, 1.807) is 6.20 Å². The molecule has 0 amide bonds. The predicted octanol–water partition coefficient (Wildman–Crippen LogP) is 3.51. The topological polar surface area (TPSA) is 41.6 Å². The maximum absolute atomic E-state index is 4.20. The first-order chi connectivity index (χ1) is 8.16. The van der Waals surface area contributed by atoms with Crippen molar-refractivity contribution >= 4 is 27.0 Å². The number of H-pyrrole nitrogens is 1. The number of hydrogen-bond acceptors (Lipinski definition) is 2. The van der Waals surface area contributed by atoms with E-state index in [0.717, 1.165) is 28.4 Å². The van der Waals surface area contributed by atoms with Gasteiger partial charge in [-0.05, 0) is 40.3 Å². The number of pyridine rings is 1. The number of fused-ring (bicyclic) bond motifs is 1. The first-order valence-electron chi connectivity index (χ1n) is 5.65. The molecule has 4 heteroatoms. The summed E-state index contributed by atoms with van der Waals surface area (Å²) in [5, 5.41) is 8.01. The van der Waals surface area contributed by atoms with Crippen molar-refractivity contribution < 1.29 is 0 Å². The lowest BCUT2D eigenvalue weighted by molar-refractivity contribution is 0.600. The molecule has 0 atom stereocenters. The smallest absolute Gasteiger partial charge is 0.182 e. The van der Waals surface area contributed by atoms with Gasteiger partial charge in [0.25, 0.3) is 0 Å². The van der Waals surface area contributed by atoms with Crippen LogP contribution in [0.15, 0.2) is 16.7 Å². The highest BCUT2D eigenvalue weighted by Crippen LogP contribution is 2.18. The Kier molecular flexibility index (Phi) is 3.80. The summed E-state index contributed by atoms with van der Waals surface area (Å²) >= 11 is 3.40. The summed E-state index contributed by atoms with van der Waals surface area (Å²) in [6.07, 6.45) is 3.78. The Labute approximate surface area is 109 Å². The lowest BCUT2D eigenvalue weighted by atomic mass is 10.1. The molecule has 2 aromatic rings. The zero-order valence-electron chi connectivity index (χ0n) is 9.92. The summed E-state index contributed by atoms with van der Waals surface area (Å²) in [6.45, 7) is 4.41. The Morgan fingerprint density at radius 3 is 3.06 bits per heavy atom. The number of rotatable bonds is 2. The average molecular weight is 292 g/mol. The fourth-order valence-corrected chi connectivity index (χ4v) is 1.81. The summed E-state index contributed by atoms with van der Waals surface area (Å²) in [5.74, 6) is 6.98. The molecule has 1 N–H and O–H groups in total. The van der Waals surface area contributed by atoms with E-state index in [4.69, 9.17) is 0 Å². The maximum Gasteiger partial charge on any atom is 0.182 e. The molecule has 0 saturated carbocycles. The monoisotopic (exact) mass is 291 g/mol. The Morgan fingerprint density at radius 2 is 2.29 bits per heavy atom. The summed E-state index contributed by atoms with van der Waals surface area (Å²) in [6, 6.07) is 1.98. The van der Waals surface area contributed by atoms with Crippen LogP contribution in [0, 0.1) is 17.8 Å². The molecule has 88 valence electrons. The summed E-state index contributed by atoms with van der Waals surface area (Å²) in [5.41, 5.74) is 1.55. The minimum absolute atomic E-state index is 0.693. The fraction of sp³-hybridized carbons (Fsp3) is 0.385. The Bertz CT molecular complexity index is 575. The standard InChI is InChI=1S/C13H14BrN3/c1-9(2)5-3-4-6-12-11-7-10(14)8-15-13(11)17-16-12/h7-9H,3,5H2,1-2H3,(H,15,16,17). The third-order valence-corrected chi connectivity index (χ3v) is 2.87. The van der Waals surface area contributed by atoms with Gasteiger partial charge >= 0.3 is 0 Å². The summed E-state index contributed by atoms with van der Waals surface area (Å²) in [7, 11) is 0. The molecule has 0 unspecified atom stereocenters. The molecule has 0 spiro atoms. The van der Waals surface area contributed by atoms with Crippen molar-refractivity contribution in [1.82, 2.24) is 15.2 Å². The molecular weight excluding hydrogens is 278 g/mol. The quantitative estimate of drug-likeness (QED) is 0.861. The molecule has 0 aliphatic heterocycles. The highest BCUT2D eigenvalue weighted by Gasteiger charge is 2.04. The van der Waals surface area contributed by atoms with Gasteiger partial charge in [-0.2, -0.15) is 5.10 Å². The molecule has 3 nitrogen and oxygen atoms in total. The van der Waals surface area contributed by atoms with Crippen LogP contribution >= 0.6 is 15.9 Å². The van der Waals surface area contributed by atoms with E-state index in [-0.39, 0.29) is 0 Å². The molecular formula is C13H14BrN3. The number of nitrogens with one attached hydrogen (secondary N) is 1. The van der Waals surface area contributed by atoms with Crippen molar-refractivity contribution in [2.24, 2.45) is 5.92 Å². The normalized spacial score (nSPS) is 10.6. The van der Waals surface area contributed by atoms with E-state index in [2.05, 4.69) is 56.8 Å². The van der Waals surface area contributed by atoms with Gasteiger partial charge in [-0.1, -0.05) is 19.8 Å². The predicted molar refractivity (Wildman–Crippen MR) is 72.5 cm³/mol. The second-order valence-corrected chi connectivity index (χ2v) is 5.27. The van der Waals surface area contributed by atoms with E-state index < -0.39 is 0 Å². The van der Waals surface area contributed by atoms with Crippen LogP contribution in [-0.2, 0) is 0 Å². The molecule has 0 aromatic carbocycles. The van der Waals surface area contributed by atoms with Gasteiger partial charge in [0.05, 0.1) is 5.39 Å². The number of aromatic nitrogens is 3. The highest BCUT2D eigenvalue weighted by molar-refractivity contribution is 9.10. The van der Waals surface area contributed by atoms with Crippen molar-refractivity contribution in [3.05, 3.63) is 22.4 Å². The zero-order valence-corrected chi connectivity index (χ0v) is 11.5. The Balaban J connectivity index is 2.21. The van der Waals surface area contributed by atoms with E-state index in [9.17, 15) is 0 Å². The SMILES string of the molecule is CC(C)CCC#Cc1[nH]nc2ncc(Br)cc12. The van der Waals surface area contributed by atoms with Crippen molar-refractivity contribution in [1.29, 1.82) is 0 Å². The van der Waals surface area contributed by atoms with Crippen LogP contribution in [0.5, 0.6) is 0 Å². The fourth-order valence-electron chi connectivity index (χ4n) is 1.48. The van der Waals surface area contributed by atoms with Crippen LogP contribution in [0.4, 0.5) is 0 Å². The van der Waals surface area contributed by atoms with Crippen LogP contribution in [0.3, 0.4) is 0 Å². The van der Waals surface area contributed by atoms with Crippen molar-refractivity contribution in [3.8, 4) is 11.8 Å². The molecule has 0 aliphatic carbocycles. The Hall–Kier alpha value is -1.34. The number of nitrogens with zero attached hydrogens (tertiary/aromatic N) is 2. The van der Waals surface area contributed by atoms with E-state index >= 15 is 0 Å². The number of hydrogen-bond donors (Lipinski definition) is 1. The summed E-state index contributed by atoms with van der Waals surface area (Å²) in [4.78, 5) is 4.20. The van der Waals surface area contributed by atoms with Gasteiger partial charge in [-0.25, -0.2) is 4.98 Å². The van der Waals surface area contributed by atoms with Crippen LogP contribution in [0.1, 0.15) is 32.4 Å².